The van der Waals surface area contributed by atoms with Crippen molar-refractivity contribution in [3.8, 4) is 17.6 Å². The van der Waals surface area contributed by atoms with Crippen molar-refractivity contribution in [1.29, 1.82) is 5.26 Å². The molecule has 1 amide bonds. The third-order valence-electron chi connectivity index (χ3n) is 5.64. The maximum atomic E-state index is 13.3. The highest BCUT2D eigenvalue weighted by atomic mass is 32.2. The zero-order valence-electron chi connectivity index (χ0n) is 16.5. The van der Waals surface area contributed by atoms with Crippen molar-refractivity contribution in [3.05, 3.63) is 54.1 Å². The molecule has 2 fully saturated rings. The lowest BCUT2D eigenvalue weighted by atomic mass is 9.87. The van der Waals surface area contributed by atoms with Crippen LogP contribution < -0.4 is 10.2 Å². The zero-order chi connectivity index (χ0) is 22.0. The van der Waals surface area contributed by atoms with Crippen LogP contribution in [0.5, 0.6) is 11.5 Å². The van der Waals surface area contributed by atoms with E-state index in [9.17, 15) is 18.4 Å². The number of nitriles is 1. The molecule has 2 N–H and O–H groups in total. The lowest BCUT2D eigenvalue weighted by molar-refractivity contribution is -0.137. The molecule has 9 nitrogen and oxygen atoms in total. The minimum Gasteiger partial charge on any atom is -0.457 e. The van der Waals surface area contributed by atoms with Crippen molar-refractivity contribution >= 4 is 15.9 Å². The van der Waals surface area contributed by atoms with Crippen LogP contribution in [0.4, 0.5) is 0 Å². The van der Waals surface area contributed by atoms with E-state index in [2.05, 4.69) is 0 Å². The van der Waals surface area contributed by atoms with Gasteiger partial charge in [-0.2, -0.15) is 9.57 Å². The molecule has 2 aliphatic rings. The first-order valence-corrected chi connectivity index (χ1v) is 11.2. The summed E-state index contributed by atoms with van der Waals surface area (Å²) in [7, 11) is -3.99. The Bertz CT molecular complexity index is 1100. The van der Waals surface area contributed by atoms with Gasteiger partial charge in [0.15, 0.2) is 0 Å². The lowest BCUT2D eigenvalue weighted by Crippen LogP contribution is -2.58. The second kappa shape index (κ2) is 8.64. The Hall–Kier alpha value is -2.97. The molecule has 2 aromatic carbocycles. The first kappa shape index (κ1) is 21.3. The molecule has 10 heteroatoms. The molecule has 2 aromatic rings. The van der Waals surface area contributed by atoms with Crippen LogP contribution in [0.2, 0.25) is 0 Å². The highest BCUT2D eigenvalue weighted by Gasteiger charge is 2.49. The molecule has 2 heterocycles. The van der Waals surface area contributed by atoms with Gasteiger partial charge in [0.05, 0.1) is 22.6 Å². The number of piperidine rings is 1. The van der Waals surface area contributed by atoms with Crippen LogP contribution in [-0.2, 0) is 19.6 Å². The largest absolute Gasteiger partial charge is 0.457 e. The number of benzene rings is 2. The molecular weight excluding hydrogens is 422 g/mol. The summed E-state index contributed by atoms with van der Waals surface area (Å²) < 4.78 is 39.1. The lowest BCUT2D eigenvalue weighted by Gasteiger charge is -2.39. The number of carbonyl (C=O) groups is 1. The highest BCUT2D eigenvalue weighted by Crippen LogP contribution is 2.37. The van der Waals surface area contributed by atoms with Crippen molar-refractivity contribution in [1.82, 2.24) is 9.79 Å². The summed E-state index contributed by atoms with van der Waals surface area (Å²) in [5.41, 5.74) is 2.11. The minimum absolute atomic E-state index is 0.0211. The molecular formula is C21H21N3O6S. The number of hydrogen-bond acceptors (Lipinski definition) is 7. The van der Waals surface area contributed by atoms with Crippen molar-refractivity contribution < 1.29 is 27.9 Å². The predicted octanol–water partition coefficient (Wildman–Crippen LogP) is 2.02. The van der Waals surface area contributed by atoms with Gasteiger partial charge in [-0.1, -0.05) is 0 Å². The Labute approximate surface area is 179 Å². The second-order valence-corrected chi connectivity index (χ2v) is 9.29. The number of hydroxylamine groups is 1. The van der Waals surface area contributed by atoms with E-state index in [-0.39, 0.29) is 23.5 Å². The third-order valence-corrected chi connectivity index (χ3v) is 7.53. The van der Waals surface area contributed by atoms with Gasteiger partial charge in [0.2, 0.25) is 10.0 Å². The Morgan fingerprint density at radius 2 is 1.77 bits per heavy atom. The van der Waals surface area contributed by atoms with Gasteiger partial charge in [-0.3, -0.25) is 10.0 Å². The fourth-order valence-electron chi connectivity index (χ4n) is 4.14. The first-order valence-electron chi connectivity index (χ1n) is 9.79. The number of fused-ring (bicyclic) bond motifs is 1. The van der Waals surface area contributed by atoms with Crippen LogP contribution in [0.15, 0.2) is 53.4 Å². The van der Waals surface area contributed by atoms with Crippen molar-refractivity contribution in [3.63, 3.8) is 0 Å². The van der Waals surface area contributed by atoms with Crippen molar-refractivity contribution in [2.24, 2.45) is 5.92 Å². The number of hydrogen-bond donors (Lipinski definition) is 2. The number of nitrogens with zero attached hydrogens (tertiary/aromatic N) is 2. The maximum absolute atomic E-state index is 13.3. The molecule has 2 saturated heterocycles. The topological polar surface area (TPSA) is 129 Å². The summed E-state index contributed by atoms with van der Waals surface area (Å²) in [5, 5.41) is 18.0. The van der Waals surface area contributed by atoms with Crippen LogP contribution in [0.25, 0.3) is 0 Å². The van der Waals surface area contributed by atoms with Crippen LogP contribution in [0, 0.1) is 17.2 Å². The van der Waals surface area contributed by atoms with E-state index < -0.39 is 22.0 Å². The Kier molecular flexibility index (Phi) is 5.93. The van der Waals surface area contributed by atoms with E-state index in [1.165, 1.54) is 24.3 Å². The Morgan fingerprint density at radius 1 is 1.13 bits per heavy atom. The molecule has 0 aromatic heterocycles. The van der Waals surface area contributed by atoms with Gasteiger partial charge >= 0.3 is 0 Å². The summed E-state index contributed by atoms with van der Waals surface area (Å²) >= 11 is 0. The number of ether oxygens (including phenoxy) is 2. The summed E-state index contributed by atoms with van der Waals surface area (Å²) in [6.45, 7) is 0.574. The van der Waals surface area contributed by atoms with Crippen LogP contribution in [0.1, 0.15) is 18.4 Å². The van der Waals surface area contributed by atoms with Crippen LogP contribution >= 0.6 is 0 Å². The van der Waals surface area contributed by atoms with Gasteiger partial charge in [-0.15, -0.1) is 0 Å². The van der Waals surface area contributed by atoms with Gasteiger partial charge in [0.1, 0.15) is 17.5 Å². The SMILES string of the molecule is N#Cc1ccc(Oc2ccc(S(=O)(=O)N3CC[C@@H]4OCC[C@@H]4[C@@H]3C(=O)NO)cc2)cc1. The molecule has 162 valence electrons. The van der Waals surface area contributed by atoms with Gasteiger partial charge in [-0.25, -0.2) is 13.9 Å². The van der Waals surface area contributed by atoms with Gasteiger partial charge in [0.25, 0.3) is 5.91 Å². The standard InChI is InChI=1S/C21H21N3O6S/c22-13-14-1-3-15(4-2-14)30-16-5-7-17(8-6-16)31(27,28)24-11-9-19-18(10-12-29-19)20(24)21(25)23-26/h1-8,18-20,26H,9-12H2,(H,23,25)/t18-,19-,20+/m0/s1. The molecule has 0 aliphatic carbocycles. The fourth-order valence-corrected chi connectivity index (χ4v) is 5.79. The number of nitrogens with one attached hydrogen (secondary N) is 1. The zero-order valence-corrected chi connectivity index (χ0v) is 17.3. The second-order valence-electron chi connectivity index (χ2n) is 7.40. The van der Waals surface area contributed by atoms with E-state index in [0.29, 0.717) is 36.5 Å². The highest BCUT2D eigenvalue weighted by molar-refractivity contribution is 7.89. The normalized spacial score (nSPS) is 23.5. The van der Waals surface area contributed by atoms with Crippen molar-refractivity contribution in [2.75, 3.05) is 13.2 Å². The molecule has 0 spiro atoms. The minimum atomic E-state index is -3.99. The van der Waals surface area contributed by atoms with E-state index in [4.69, 9.17) is 14.7 Å². The summed E-state index contributed by atoms with van der Waals surface area (Å²) in [6.07, 6.45) is 0.836. The number of amides is 1. The fraction of sp³-hybridized carbons (Fsp3) is 0.333. The molecule has 0 unspecified atom stereocenters. The molecule has 2 aliphatic heterocycles. The Balaban J connectivity index is 1.56. The predicted molar refractivity (Wildman–Crippen MR) is 108 cm³/mol. The molecule has 31 heavy (non-hydrogen) atoms. The van der Waals surface area contributed by atoms with Crippen molar-refractivity contribution in [2.45, 2.75) is 29.9 Å². The Morgan fingerprint density at radius 3 is 2.39 bits per heavy atom. The van der Waals surface area contributed by atoms with E-state index in [0.717, 1.165) is 4.31 Å². The monoisotopic (exact) mass is 443 g/mol. The molecule has 0 radical (unpaired) electrons. The van der Waals surface area contributed by atoms with E-state index in [1.807, 2.05) is 6.07 Å². The average Bonchev–Trinajstić information content (AvgIpc) is 3.27. The molecule has 0 saturated carbocycles. The van der Waals surface area contributed by atoms with Crippen LogP contribution in [-0.4, -0.2) is 49.1 Å². The summed E-state index contributed by atoms with van der Waals surface area (Å²) in [4.78, 5) is 12.4. The summed E-state index contributed by atoms with van der Waals surface area (Å²) in [6, 6.07) is 13.4. The first-order chi connectivity index (χ1) is 14.9. The quantitative estimate of drug-likeness (QED) is 0.534. The number of rotatable bonds is 5. The average molecular weight is 443 g/mol. The van der Waals surface area contributed by atoms with E-state index >= 15 is 0 Å². The summed E-state index contributed by atoms with van der Waals surface area (Å²) in [5.74, 6) is -0.131. The van der Waals surface area contributed by atoms with Gasteiger partial charge in [-0.05, 0) is 61.4 Å². The molecule has 0 bridgehead atoms. The third kappa shape index (κ3) is 4.13. The maximum Gasteiger partial charge on any atom is 0.262 e. The number of sulfonamides is 1. The molecule has 4 rings (SSSR count). The van der Waals surface area contributed by atoms with Gasteiger partial charge < -0.3 is 9.47 Å². The smallest absolute Gasteiger partial charge is 0.262 e. The molecule has 3 atom stereocenters. The van der Waals surface area contributed by atoms with Gasteiger partial charge in [0, 0.05) is 19.1 Å². The van der Waals surface area contributed by atoms with E-state index in [1.54, 1.807) is 29.7 Å². The number of carbonyl (C=O) groups excluding carboxylic acids is 1. The van der Waals surface area contributed by atoms with Crippen LogP contribution in [0.3, 0.4) is 0 Å².